The third-order valence-electron chi connectivity index (χ3n) is 4.04. The molecule has 140 valence electrons. The highest BCUT2D eigenvalue weighted by atomic mass is 32.2. The normalized spacial score (nSPS) is 12.0. The van der Waals surface area contributed by atoms with Gasteiger partial charge in [-0.3, -0.25) is 4.57 Å². The van der Waals surface area contributed by atoms with E-state index < -0.39 is 0 Å². The average Bonchev–Trinajstić information content (AvgIpc) is 3.06. The van der Waals surface area contributed by atoms with E-state index in [0.29, 0.717) is 18.1 Å². The Labute approximate surface area is 163 Å². The van der Waals surface area contributed by atoms with Gasteiger partial charge in [-0.2, -0.15) is 0 Å². The van der Waals surface area contributed by atoms with Gasteiger partial charge in [-0.05, 0) is 43.7 Å². The number of ether oxygens (including phenoxy) is 1. The van der Waals surface area contributed by atoms with Gasteiger partial charge in [0.15, 0.2) is 17.1 Å². The molecule has 0 spiro atoms. The molecule has 4 nitrogen and oxygen atoms in total. The predicted octanol–water partition coefficient (Wildman–Crippen LogP) is 5.34. The molecule has 0 amide bonds. The fraction of sp³-hybridized carbons (Fsp3) is 0.238. The van der Waals surface area contributed by atoms with E-state index in [-0.39, 0.29) is 11.9 Å². The maximum absolute atomic E-state index is 13.1. The quantitative estimate of drug-likeness (QED) is 0.389. The zero-order valence-corrected chi connectivity index (χ0v) is 16.2. The minimum atomic E-state index is -0.323. The van der Waals surface area contributed by atoms with Crippen LogP contribution in [0, 0.1) is 12.7 Å². The summed E-state index contributed by atoms with van der Waals surface area (Å²) in [5.74, 6) is 1.82. The molecule has 27 heavy (non-hydrogen) atoms. The van der Waals surface area contributed by atoms with Crippen LogP contribution in [0.1, 0.15) is 30.0 Å². The first kappa shape index (κ1) is 19.2. The van der Waals surface area contributed by atoms with Gasteiger partial charge in [-0.1, -0.05) is 47.7 Å². The fourth-order valence-corrected chi connectivity index (χ4v) is 3.52. The number of nitrogens with zero attached hydrogens (tertiary/aromatic N) is 3. The van der Waals surface area contributed by atoms with Crippen LogP contribution in [0.25, 0.3) is 0 Å². The molecule has 0 aliphatic carbocycles. The van der Waals surface area contributed by atoms with Gasteiger partial charge >= 0.3 is 0 Å². The van der Waals surface area contributed by atoms with Crippen molar-refractivity contribution < 1.29 is 9.13 Å². The molecule has 6 heteroatoms. The summed E-state index contributed by atoms with van der Waals surface area (Å²) in [7, 11) is 0. The molecule has 0 bridgehead atoms. The Balaban J connectivity index is 1.74. The minimum Gasteiger partial charge on any atom is -0.483 e. The second-order valence-corrected chi connectivity index (χ2v) is 7.17. The number of benzene rings is 2. The smallest absolute Gasteiger partial charge is 0.191 e. The molecule has 1 unspecified atom stereocenters. The van der Waals surface area contributed by atoms with Crippen molar-refractivity contribution in [1.82, 2.24) is 14.8 Å². The molecule has 3 aromatic rings. The Morgan fingerprint density at radius 3 is 2.52 bits per heavy atom. The lowest BCUT2D eigenvalue weighted by molar-refractivity contribution is 0.210. The van der Waals surface area contributed by atoms with Crippen LogP contribution in [-0.4, -0.2) is 14.8 Å². The molecule has 0 aliphatic heterocycles. The van der Waals surface area contributed by atoms with E-state index in [1.54, 1.807) is 23.9 Å². The number of rotatable bonds is 8. The highest BCUT2D eigenvalue weighted by molar-refractivity contribution is 7.98. The van der Waals surface area contributed by atoms with E-state index in [1.165, 1.54) is 23.3 Å². The molecule has 2 aromatic carbocycles. The molecule has 1 atom stereocenters. The van der Waals surface area contributed by atoms with Crippen molar-refractivity contribution in [3.8, 4) is 5.75 Å². The predicted molar refractivity (Wildman–Crippen MR) is 106 cm³/mol. The van der Waals surface area contributed by atoms with Crippen LogP contribution >= 0.6 is 11.8 Å². The van der Waals surface area contributed by atoms with Gasteiger partial charge in [0.1, 0.15) is 11.6 Å². The number of aromatic nitrogens is 3. The molecule has 1 heterocycles. The van der Waals surface area contributed by atoms with E-state index in [9.17, 15) is 4.39 Å². The summed E-state index contributed by atoms with van der Waals surface area (Å²) >= 11 is 1.63. The Kier molecular flexibility index (Phi) is 6.29. The summed E-state index contributed by atoms with van der Waals surface area (Å²) < 4.78 is 21.0. The number of halogens is 1. The summed E-state index contributed by atoms with van der Waals surface area (Å²) in [6.07, 6.45) is 1.49. The van der Waals surface area contributed by atoms with Crippen molar-refractivity contribution >= 4 is 11.8 Å². The first-order valence-electron chi connectivity index (χ1n) is 8.71. The Bertz CT molecular complexity index is 891. The molecular formula is C21H22FN3OS. The number of hydrogen-bond donors (Lipinski definition) is 0. The largest absolute Gasteiger partial charge is 0.483 e. The second kappa shape index (κ2) is 8.86. The zero-order valence-electron chi connectivity index (χ0n) is 15.4. The van der Waals surface area contributed by atoms with Gasteiger partial charge in [0.2, 0.25) is 0 Å². The Hall–Kier alpha value is -2.60. The van der Waals surface area contributed by atoms with E-state index in [0.717, 1.165) is 10.9 Å². The highest BCUT2D eigenvalue weighted by Crippen LogP contribution is 2.26. The van der Waals surface area contributed by atoms with Crippen molar-refractivity contribution in [2.75, 3.05) is 0 Å². The monoisotopic (exact) mass is 383 g/mol. The molecule has 1 aromatic heterocycles. The zero-order chi connectivity index (χ0) is 19.2. The summed E-state index contributed by atoms with van der Waals surface area (Å²) in [6.45, 7) is 8.40. The Morgan fingerprint density at radius 2 is 1.85 bits per heavy atom. The summed E-state index contributed by atoms with van der Waals surface area (Å²) in [6, 6.07) is 14.4. The van der Waals surface area contributed by atoms with Crippen molar-refractivity contribution in [3.63, 3.8) is 0 Å². The van der Waals surface area contributed by atoms with Gasteiger partial charge in [0.05, 0.1) is 0 Å². The van der Waals surface area contributed by atoms with Crippen molar-refractivity contribution in [2.45, 2.75) is 37.4 Å². The van der Waals surface area contributed by atoms with E-state index >= 15 is 0 Å². The van der Waals surface area contributed by atoms with Crippen LogP contribution in [-0.2, 0) is 12.3 Å². The summed E-state index contributed by atoms with van der Waals surface area (Å²) in [5.41, 5.74) is 2.48. The van der Waals surface area contributed by atoms with Crippen molar-refractivity contribution in [1.29, 1.82) is 0 Å². The lowest BCUT2D eigenvalue weighted by Gasteiger charge is -2.15. The second-order valence-electron chi connectivity index (χ2n) is 6.23. The number of hydrogen-bond acceptors (Lipinski definition) is 4. The molecule has 0 saturated carbocycles. The SMILES string of the molecule is C=CCn1c(SCc2ccc(C)cc2)nnc1C(C)Oc1ccc(F)cc1. The maximum atomic E-state index is 13.1. The highest BCUT2D eigenvalue weighted by Gasteiger charge is 2.19. The number of allylic oxidation sites excluding steroid dienone is 1. The van der Waals surface area contributed by atoms with E-state index in [2.05, 4.69) is 48.0 Å². The molecule has 0 aliphatic rings. The summed E-state index contributed by atoms with van der Waals surface area (Å²) in [5, 5.41) is 9.47. The Morgan fingerprint density at radius 1 is 1.15 bits per heavy atom. The summed E-state index contributed by atoms with van der Waals surface area (Å²) in [4.78, 5) is 0. The molecule has 0 radical (unpaired) electrons. The lowest BCUT2D eigenvalue weighted by Crippen LogP contribution is -2.12. The maximum Gasteiger partial charge on any atom is 0.191 e. The number of thioether (sulfide) groups is 1. The van der Waals surface area contributed by atoms with Crippen LogP contribution in [0.3, 0.4) is 0 Å². The standard InChI is InChI=1S/C21H22FN3OS/c1-4-13-25-20(16(3)26-19-11-9-18(22)10-12-19)23-24-21(25)27-14-17-7-5-15(2)6-8-17/h4-12,16H,1,13-14H2,2-3H3. The van der Waals surface area contributed by atoms with Crippen LogP contribution < -0.4 is 4.74 Å². The first-order valence-corrected chi connectivity index (χ1v) is 9.70. The minimum absolute atomic E-state index is 0.292. The number of aryl methyl sites for hydroxylation is 1. The molecular weight excluding hydrogens is 361 g/mol. The van der Waals surface area contributed by atoms with Crippen LogP contribution in [0.4, 0.5) is 4.39 Å². The van der Waals surface area contributed by atoms with Crippen LogP contribution in [0.5, 0.6) is 5.75 Å². The van der Waals surface area contributed by atoms with Crippen LogP contribution in [0.15, 0.2) is 66.3 Å². The molecule has 0 saturated heterocycles. The van der Waals surface area contributed by atoms with Crippen molar-refractivity contribution in [2.24, 2.45) is 0 Å². The van der Waals surface area contributed by atoms with E-state index in [1.807, 2.05) is 17.6 Å². The lowest BCUT2D eigenvalue weighted by atomic mass is 10.2. The van der Waals surface area contributed by atoms with E-state index in [4.69, 9.17) is 4.74 Å². The first-order chi connectivity index (χ1) is 13.1. The third kappa shape index (κ3) is 4.98. The van der Waals surface area contributed by atoms with Gasteiger partial charge in [-0.25, -0.2) is 4.39 Å². The molecule has 0 N–H and O–H groups in total. The topological polar surface area (TPSA) is 39.9 Å². The van der Waals surface area contributed by atoms with Crippen LogP contribution in [0.2, 0.25) is 0 Å². The van der Waals surface area contributed by atoms with Gasteiger partial charge in [0, 0.05) is 12.3 Å². The average molecular weight is 383 g/mol. The van der Waals surface area contributed by atoms with Crippen molar-refractivity contribution in [3.05, 3.63) is 84.0 Å². The van der Waals surface area contributed by atoms with Gasteiger partial charge in [0.25, 0.3) is 0 Å². The molecule has 0 fully saturated rings. The third-order valence-corrected chi connectivity index (χ3v) is 5.07. The van der Waals surface area contributed by atoms with Gasteiger partial charge < -0.3 is 4.74 Å². The van der Waals surface area contributed by atoms with Gasteiger partial charge in [-0.15, -0.1) is 16.8 Å². The fourth-order valence-electron chi connectivity index (χ4n) is 2.61. The molecule has 3 rings (SSSR count).